The Labute approximate surface area is 187 Å². The van der Waals surface area contributed by atoms with Crippen LogP contribution < -0.4 is 10.9 Å². The van der Waals surface area contributed by atoms with E-state index < -0.39 is 13.4 Å². The van der Waals surface area contributed by atoms with E-state index in [-0.39, 0.29) is 18.8 Å². The number of nitrogens with zero attached hydrogens (tertiary/aromatic N) is 2. The van der Waals surface area contributed by atoms with Gasteiger partial charge in [0.15, 0.2) is 5.78 Å². The van der Waals surface area contributed by atoms with Crippen LogP contribution >= 0.6 is 19.2 Å². The molecule has 9 heteroatoms. The van der Waals surface area contributed by atoms with Gasteiger partial charge in [0.2, 0.25) is 0 Å². The Kier molecular flexibility index (Phi) is 7.44. The lowest BCUT2D eigenvalue weighted by molar-refractivity contribution is 0.214. The molecule has 1 atom stereocenters. The van der Waals surface area contributed by atoms with Gasteiger partial charge in [0.05, 0.1) is 24.6 Å². The molecule has 3 rings (SSSR count). The average Bonchev–Trinajstić information content (AvgIpc) is 2.96. The Morgan fingerprint density at radius 3 is 2.19 bits per heavy atom. The van der Waals surface area contributed by atoms with Crippen LogP contribution in [-0.2, 0) is 20.7 Å². The number of hydrogen-bond acceptors (Lipinski definition) is 5. The van der Waals surface area contributed by atoms with Crippen LogP contribution in [-0.4, -0.2) is 22.6 Å². The van der Waals surface area contributed by atoms with E-state index in [4.69, 9.17) is 20.6 Å². The molecule has 1 heterocycles. The first-order valence-electron chi connectivity index (χ1n) is 10.1. The lowest BCUT2D eigenvalue weighted by Gasteiger charge is -2.28. The fraction of sp³-hybridized carbons (Fsp3) is 0.318. The molecule has 31 heavy (non-hydrogen) atoms. The Morgan fingerprint density at radius 2 is 1.61 bits per heavy atom. The minimum Gasteiger partial charge on any atom is -0.362 e. The van der Waals surface area contributed by atoms with Crippen LogP contribution in [0.15, 0.2) is 59.4 Å². The number of rotatable bonds is 9. The summed E-state index contributed by atoms with van der Waals surface area (Å²) in [4.78, 5) is 13.4. The standard InChI is InChI=1S/C22H27ClN3O4P/c1-5-29-31(28,30-6-2)21(18-14-10-11-15-19(18)23)24-20-16(3)25(4)26(22(20)27)17-12-8-7-9-13-17/h7-15,21,24H,5-6H2,1-4H3/t21-/m0/s1. The van der Waals surface area contributed by atoms with Crippen molar-refractivity contribution in [1.29, 1.82) is 0 Å². The highest BCUT2D eigenvalue weighted by atomic mass is 35.5. The molecule has 3 aromatic rings. The number of aromatic nitrogens is 2. The predicted octanol–water partition coefficient (Wildman–Crippen LogP) is 5.51. The van der Waals surface area contributed by atoms with Crippen LogP contribution in [0.1, 0.15) is 30.9 Å². The van der Waals surface area contributed by atoms with Crippen molar-refractivity contribution < 1.29 is 13.6 Å². The van der Waals surface area contributed by atoms with Gasteiger partial charge < -0.3 is 14.4 Å². The van der Waals surface area contributed by atoms with Crippen molar-refractivity contribution in [3.63, 3.8) is 0 Å². The van der Waals surface area contributed by atoms with Crippen molar-refractivity contribution in [3.05, 3.63) is 81.2 Å². The predicted molar refractivity (Wildman–Crippen MR) is 124 cm³/mol. The number of anilines is 1. The summed E-state index contributed by atoms with van der Waals surface area (Å²) in [6, 6.07) is 16.3. The summed E-state index contributed by atoms with van der Waals surface area (Å²) >= 11 is 6.44. The topological polar surface area (TPSA) is 74.5 Å². The minimum atomic E-state index is -3.71. The van der Waals surface area contributed by atoms with Gasteiger partial charge in [-0.15, -0.1) is 0 Å². The summed E-state index contributed by atoms with van der Waals surface area (Å²) in [5.74, 6) is -0.959. The maximum absolute atomic E-state index is 13.8. The summed E-state index contributed by atoms with van der Waals surface area (Å²) in [5.41, 5.74) is 1.95. The zero-order chi connectivity index (χ0) is 22.6. The molecule has 0 spiro atoms. The number of nitrogens with one attached hydrogen (secondary N) is 1. The van der Waals surface area contributed by atoms with E-state index in [1.54, 1.807) is 54.5 Å². The molecule has 0 aliphatic heterocycles. The number of halogens is 1. The van der Waals surface area contributed by atoms with Crippen LogP contribution in [0.2, 0.25) is 5.02 Å². The minimum absolute atomic E-state index is 0.182. The largest absolute Gasteiger partial charge is 0.362 e. The maximum Gasteiger partial charge on any atom is 0.357 e. The summed E-state index contributed by atoms with van der Waals surface area (Å²) < 4.78 is 28.3. The van der Waals surface area contributed by atoms with E-state index >= 15 is 0 Å². The second kappa shape index (κ2) is 9.88. The molecule has 2 aromatic carbocycles. The summed E-state index contributed by atoms with van der Waals surface area (Å²) in [5, 5.41) is 3.56. The molecule has 0 unspecified atom stereocenters. The third-order valence-electron chi connectivity index (χ3n) is 4.97. The van der Waals surface area contributed by atoms with Crippen LogP contribution in [0.5, 0.6) is 0 Å². The molecular weight excluding hydrogens is 437 g/mol. The van der Waals surface area contributed by atoms with E-state index in [2.05, 4.69) is 5.32 Å². The summed E-state index contributed by atoms with van der Waals surface area (Å²) in [6.45, 7) is 5.67. The van der Waals surface area contributed by atoms with Gasteiger partial charge in [-0.2, -0.15) is 0 Å². The Bertz CT molecular complexity index is 1130. The number of para-hydroxylation sites is 1. The average molecular weight is 464 g/mol. The van der Waals surface area contributed by atoms with E-state index in [0.717, 1.165) is 5.69 Å². The van der Waals surface area contributed by atoms with Crippen molar-refractivity contribution in [1.82, 2.24) is 9.36 Å². The van der Waals surface area contributed by atoms with Crippen molar-refractivity contribution >= 4 is 24.9 Å². The second-order valence-corrected chi connectivity index (χ2v) is 9.40. The van der Waals surface area contributed by atoms with E-state index in [1.165, 1.54) is 0 Å². The van der Waals surface area contributed by atoms with Gasteiger partial charge in [-0.25, -0.2) is 4.68 Å². The zero-order valence-corrected chi connectivity index (χ0v) is 19.7. The molecule has 166 valence electrons. The first-order chi connectivity index (χ1) is 14.8. The van der Waals surface area contributed by atoms with E-state index in [1.807, 2.05) is 37.3 Å². The van der Waals surface area contributed by atoms with Crippen molar-refractivity contribution in [2.75, 3.05) is 18.5 Å². The van der Waals surface area contributed by atoms with Crippen LogP contribution in [0.4, 0.5) is 5.69 Å². The molecule has 1 aromatic heterocycles. The first kappa shape index (κ1) is 23.4. The van der Waals surface area contributed by atoms with E-state index in [0.29, 0.717) is 22.0 Å². The highest BCUT2D eigenvalue weighted by Crippen LogP contribution is 2.61. The van der Waals surface area contributed by atoms with Gasteiger partial charge in [0.25, 0.3) is 5.56 Å². The van der Waals surface area contributed by atoms with Crippen molar-refractivity contribution in [2.45, 2.75) is 26.6 Å². The normalized spacial score (nSPS) is 12.7. The van der Waals surface area contributed by atoms with Crippen molar-refractivity contribution in [3.8, 4) is 5.69 Å². The van der Waals surface area contributed by atoms with Gasteiger partial charge in [0, 0.05) is 17.6 Å². The zero-order valence-electron chi connectivity index (χ0n) is 18.0. The highest BCUT2D eigenvalue weighted by Gasteiger charge is 2.39. The smallest absolute Gasteiger partial charge is 0.357 e. The molecule has 0 fully saturated rings. The third-order valence-corrected chi connectivity index (χ3v) is 7.59. The number of benzene rings is 2. The Balaban J connectivity index is 2.16. The lowest BCUT2D eigenvalue weighted by atomic mass is 10.2. The molecular formula is C22H27ClN3O4P. The molecule has 0 saturated carbocycles. The van der Waals surface area contributed by atoms with Gasteiger partial charge in [-0.3, -0.25) is 14.0 Å². The molecule has 0 radical (unpaired) electrons. The molecule has 1 N–H and O–H groups in total. The monoisotopic (exact) mass is 463 g/mol. The Morgan fingerprint density at radius 1 is 1.03 bits per heavy atom. The number of hydrogen-bond donors (Lipinski definition) is 1. The molecule has 0 aliphatic rings. The first-order valence-corrected chi connectivity index (χ1v) is 12.1. The van der Waals surface area contributed by atoms with Crippen LogP contribution in [0.25, 0.3) is 5.69 Å². The Hall–Kier alpha value is -2.31. The maximum atomic E-state index is 13.8. The van der Waals surface area contributed by atoms with Crippen LogP contribution in [0.3, 0.4) is 0 Å². The molecule has 0 bridgehead atoms. The molecule has 0 amide bonds. The van der Waals surface area contributed by atoms with Crippen LogP contribution in [0, 0.1) is 6.92 Å². The molecule has 7 nitrogen and oxygen atoms in total. The third kappa shape index (κ3) is 4.65. The lowest BCUT2D eigenvalue weighted by Crippen LogP contribution is -2.23. The summed E-state index contributed by atoms with van der Waals surface area (Å²) in [7, 11) is -1.92. The van der Waals surface area contributed by atoms with Crippen molar-refractivity contribution in [2.24, 2.45) is 7.05 Å². The van der Waals surface area contributed by atoms with Gasteiger partial charge in [-0.1, -0.05) is 48.0 Å². The van der Waals surface area contributed by atoms with Gasteiger partial charge in [-0.05, 0) is 39.0 Å². The second-order valence-electron chi connectivity index (χ2n) is 6.88. The highest BCUT2D eigenvalue weighted by molar-refractivity contribution is 7.54. The molecule has 0 saturated heterocycles. The quantitative estimate of drug-likeness (QED) is 0.423. The molecule has 0 aliphatic carbocycles. The fourth-order valence-corrected chi connectivity index (χ4v) is 5.71. The summed E-state index contributed by atoms with van der Waals surface area (Å²) in [6.07, 6.45) is 0. The van der Waals surface area contributed by atoms with E-state index in [9.17, 15) is 9.36 Å². The SMILES string of the molecule is CCOP(=O)(OCC)[C@H](Nc1c(C)n(C)n(-c2ccccc2)c1=O)c1ccccc1Cl. The van der Waals surface area contributed by atoms with Gasteiger partial charge >= 0.3 is 7.60 Å². The fourth-order valence-electron chi connectivity index (χ4n) is 3.44. The van der Waals surface area contributed by atoms with Gasteiger partial charge in [0.1, 0.15) is 5.69 Å².